The minimum atomic E-state index is -2.60. The van der Waals surface area contributed by atoms with Gasteiger partial charge in [0, 0.05) is 38.1 Å². The maximum atomic E-state index is 12.5. The molecule has 0 radical (unpaired) electrons. The molecule has 0 saturated carbocycles. The van der Waals surface area contributed by atoms with Gasteiger partial charge in [-0.2, -0.15) is 19.0 Å². The molecule has 0 aliphatic rings. The summed E-state index contributed by atoms with van der Waals surface area (Å²) in [7, 11) is 1.85. The molecule has 2 aromatic rings. The first-order valence-electron chi connectivity index (χ1n) is 5.58. The van der Waals surface area contributed by atoms with Crippen LogP contribution in [0.3, 0.4) is 0 Å². The highest BCUT2D eigenvalue weighted by Gasteiger charge is 2.11. The summed E-state index contributed by atoms with van der Waals surface area (Å²) >= 11 is 0. The monoisotopic (exact) mass is 291 g/mol. The Kier molecular flexibility index (Phi) is 5.44. The lowest BCUT2D eigenvalue weighted by Gasteiger charge is -2.07. The van der Waals surface area contributed by atoms with Crippen LogP contribution in [0.4, 0.5) is 8.78 Å². The molecule has 106 valence electrons. The van der Waals surface area contributed by atoms with Crippen LogP contribution in [0.25, 0.3) is 0 Å². The zero-order valence-corrected chi connectivity index (χ0v) is 11.5. The molecule has 5 nitrogen and oxygen atoms in total. The number of rotatable bonds is 5. The Morgan fingerprint density at radius 3 is 2.68 bits per heavy atom. The average Bonchev–Trinajstić information content (AvgIpc) is 2.86. The fraction of sp³-hybridized carbons (Fsp3) is 0.455. The highest BCUT2D eigenvalue weighted by atomic mass is 35.5. The molecule has 0 atom stereocenters. The van der Waals surface area contributed by atoms with Gasteiger partial charge in [-0.05, 0) is 13.0 Å². The van der Waals surface area contributed by atoms with Crippen molar-refractivity contribution in [2.24, 2.45) is 7.05 Å². The zero-order valence-electron chi connectivity index (χ0n) is 10.7. The van der Waals surface area contributed by atoms with Gasteiger partial charge in [-0.3, -0.25) is 4.68 Å². The largest absolute Gasteiger partial charge is 0.333 e. The Bertz CT molecular complexity index is 523. The fourth-order valence-electron chi connectivity index (χ4n) is 1.80. The lowest BCUT2D eigenvalue weighted by atomic mass is 10.2. The number of nitrogens with zero attached hydrogens (tertiary/aromatic N) is 4. The molecule has 1 N–H and O–H groups in total. The Labute approximate surface area is 116 Å². The van der Waals surface area contributed by atoms with E-state index in [1.807, 2.05) is 20.2 Å². The van der Waals surface area contributed by atoms with Crippen molar-refractivity contribution in [1.82, 2.24) is 24.9 Å². The topological polar surface area (TPSA) is 47.7 Å². The maximum absolute atomic E-state index is 12.5. The first-order valence-corrected chi connectivity index (χ1v) is 5.58. The van der Waals surface area contributed by atoms with Gasteiger partial charge in [-0.15, -0.1) is 12.4 Å². The van der Waals surface area contributed by atoms with Crippen LogP contribution in [-0.4, -0.2) is 19.6 Å². The van der Waals surface area contributed by atoms with E-state index in [9.17, 15) is 8.78 Å². The summed E-state index contributed by atoms with van der Waals surface area (Å²) in [6.45, 7) is 0.254. The van der Waals surface area contributed by atoms with Crippen molar-refractivity contribution in [2.45, 2.75) is 26.6 Å². The van der Waals surface area contributed by atoms with Crippen LogP contribution in [-0.2, 0) is 20.1 Å². The van der Waals surface area contributed by atoms with E-state index in [1.165, 1.54) is 6.20 Å². The highest BCUT2D eigenvalue weighted by Crippen LogP contribution is 2.12. The molecule has 0 amide bonds. The second-order valence-corrected chi connectivity index (χ2v) is 4.06. The van der Waals surface area contributed by atoms with Crippen LogP contribution in [0.2, 0.25) is 0 Å². The van der Waals surface area contributed by atoms with Gasteiger partial charge >= 0.3 is 6.55 Å². The molecule has 2 aromatic heterocycles. The molecule has 8 heteroatoms. The summed E-state index contributed by atoms with van der Waals surface area (Å²) < 4.78 is 27.5. The van der Waals surface area contributed by atoms with Gasteiger partial charge in [0.25, 0.3) is 0 Å². The first-order chi connectivity index (χ1) is 8.58. The van der Waals surface area contributed by atoms with E-state index in [1.54, 1.807) is 10.7 Å². The van der Waals surface area contributed by atoms with Crippen molar-refractivity contribution < 1.29 is 8.78 Å². The molecule has 0 fully saturated rings. The van der Waals surface area contributed by atoms with E-state index in [-0.39, 0.29) is 12.4 Å². The second-order valence-electron chi connectivity index (χ2n) is 4.06. The molecule has 19 heavy (non-hydrogen) atoms. The minimum Gasteiger partial charge on any atom is -0.307 e. The average molecular weight is 292 g/mol. The van der Waals surface area contributed by atoms with Gasteiger partial charge in [-0.25, -0.2) is 4.68 Å². The Morgan fingerprint density at radius 2 is 2.11 bits per heavy atom. The molecule has 0 bridgehead atoms. The van der Waals surface area contributed by atoms with Crippen molar-refractivity contribution in [3.05, 3.63) is 35.4 Å². The summed E-state index contributed by atoms with van der Waals surface area (Å²) in [5.74, 6) is 0. The number of hydrogen-bond acceptors (Lipinski definition) is 3. The van der Waals surface area contributed by atoms with Crippen molar-refractivity contribution in [1.29, 1.82) is 0 Å². The maximum Gasteiger partial charge on any atom is 0.333 e. The Hall–Kier alpha value is -1.47. The van der Waals surface area contributed by atoms with Gasteiger partial charge < -0.3 is 5.32 Å². The summed E-state index contributed by atoms with van der Waals surface area (Å²) in [6.07, 6.45) is 3.28. The van der Waals surface area contributed by atoms with E-state index >= 15 is 0 Å². The number of alkyl halides is 2. The van der Waals surface area contributed by atoms with E-state index < -0.39 is 6.55 Å². The molecule has 0 aromatic carbocycles. The Morgan fingerprint density at radius 1 is 1.37 bits per heavy atom. The predicted octanol–water partition coefficient (Wildman–Crippen LogP) is 2.03. The number of halogens is 3. The third-order valence-corrected chi connectivity index (χ3v) is 2.67. The summed E-state index contributed by atoms with van der Waals surface area (Å²) in [4.78, 5) is 0. The van der Waals surface area contributed by atoms with E-state index in [0.717, 1.165) is 11.3 Å². The molecule has 0 unspecified atom stereocenters. The normalized spacial score (nSPS) is 10.8. The molecule has 2 heterocycles. The smallest absolute Gasteiger partial charge is 0.307 e. The van der Waals surface area contributed by atoms with Gasteiger partial charge in [-0.1, -0.05) is 0 Å². The number of aryl methyl sites for hydroxylation is 2. The van der Waals surface area contributed by atoms with Crippen LogP contribution >= 0.6 is 12.4 Å². The highest BCUT2D eigenvalue weighted by molar-refractivity contribution is 5.85. The van der Waals surface area contributed by atoms with Crippen molar-refractivity contribution in [3.8, 4) is 0 Å². The van der Waals surface area contributed by atoms with Crippen molar-refractivity contribution in [2.75, 3.05) is 0 Å². The third-order valence-electron chi connectivity index (χ3n) is 2.67. The molecule has 2 rings (SSSR count). The van der Waals surface area contributed by atoms with Gasteiger partial charge in [0.05, 0.1) is 11.4 Å². The van der Waals surface area contributed by atoms with Crippen LogP contribution in [0.15, 0.2) is 18.5 Å². The number of nitrogens with one attached hydrogen (secondary N) is 1. The number of aromatic nitrogens is 4. The molecule has 0 saturated heterocycles. The summed E-state index contributed by atoms with van der Waals surface area (Å²) in [5.41, 5.74) is 2.46. The lowest BCUT2D eigenvalue weighted by Crippen LogP contribution is -2.17. The third kappa shape index (κ3) is 3.74. The van der Waals surface area contributed by atoms with E-state index in [2.05, 4.69) is 15.5 Å². The molecular formula is C11H16ClF2N5. The quantitative estimate of drug-likeness (QED) is 0.917. The summed E-state index contributed by atoms with van der Waals surface area (Å²) in [5, 5.41) is 10.9. The van der Waals surface area contributed by atoms with Crippen molar-refractivity contribution in [3.63, 3.8) is 0 Å². The van der Waals surface area contributed by atoms with Crippen LogP contribution in [0.5, 0.6) is 0 Å². The molecule has 0 aliphatic carbocycles. The van der Waals surface area contributed by atoms with Gasteiger partial charge in [0.2, 0.25) is 0 Å². The predicted molar refractivity (Wildman–Crippen MR) is 69.2 cm³/mol. The first kappa shape index (κ1) is 15.6. The molecule has 0 aliphatic heterocycles. The summed E-state index contributed by atoms with van der Waals surface area (Å²) in [6, 6.07) is 1.58. The SMILES string of the molecule is Cc1nn(C)cc1CNCc1ccnn1C(F)F.Cl. The fourth-order valence-corrected chi connectivity index (χ4v) is 1.80. The number of hydrogen-bond donors (Lipinski definition) is 1. The van der Waals surface area contributed by atoms with Crippen LogP contribution in [0, 0.1) is 6.92 Å². The molecule has 0 spiro atoms. The zero-order chi connectivity index (χ0) is 13.1. The van der Waals surface area contributed by atoms with Gasteiger partial charge in [0.15, 0.2) is 0 Å². The molecular weight excluding hydrogens is 276 g/mol. The lowest BCUT2D eigenvalue weighted by molar-refractivity contribution is 0.0531. The van der Waals surface area contributed by atoms with Crippen LogP contribution in [0.1, 0.15) is 23.5 Å². The van der Waals surface area contributed by atoms with Crippen molar-refractivity contribution >= 4 is 12.4 Å². The van der Waals surface area contributed by atoms with E-state index in [0.29, 0.717) is 23.5 Å². The second kappa shape index (κ2) is 6.63. The Balaban J connectivity index is 0.00000180. The standard InChI is InChI=1S/C11H15F2N5.ClH/c1-8-9(7-17(2)16-8)5-14-6-10-3-4-15-18(10)11(12)13;/h3-4,7,11,14H,5-6H2,1-2H3;1H. The van der Waals surface area contributed by atoms with Crippen LogP contribution < -0.4 is 5.32 Å². The van der Waals surface area contributed by atoms with E-state index in [4.69, 9.17) is 0 Å². The van der Waals surface area contributed by atoms with Gasteiger partial charge in [0.1, 0.15) is 0 Å². The minimum absolute atomic E-state index is 0.